The van der Waals surface area contributed by atoms with Crippen LogP contribution < -0.4 is 0 Å². The van der Waals surface area contributed by atoms with Gasteiger partial charge in [-0.1, -0.05) is 12.6 Å². The number of hydrogen-bond acceptors (Lipinski definition) is 3. The average molecular weight is 200 g/mol. The molecule has 0 atom stereocenters. The van der Waals surface area contributed by atoms with Crippen LogP contribution in [0.5, 0.6) is 0 Å². The van der Waals surface area contributed by atoms with Crippen LogP contribution in [0.4, 0.5) is 0 Å². The summed E-state index contributed by atoms with van der Waals surface area (Å²) in [5.74, 6) is -1.17. The highest BCUT2D eigenvalue weighted by Crippen LogP contribution is 2.11. The van der Waals surface area contributed by atoms with E-state index in [1.54, 1.807) is 6.92 Å². The molecular formula is C7H8N2O3S. The average Bonchev–Trinajstić information content (AvgIpc) is 2.46. The first kappa shape index (κ1) is 9.79. The van der Waals surface area contributed by atoms with Crippen molar-refractivity contribution >= 4 is 23.7 Å². The summed E-state index contributed by atoms with van der Waals surface area (Å²) >= 11 is 3.58. The molecular weight excluding hydrogens is 192 g/mol. The SMILES string of the molecule is CCn1ncc(C(=O)O)c1C(=O)S. The van der Waals surface area contributed by atoms with Crippen LogP contribution in [-0.4, -0.2) is 26.0 Å². The standard InChI is InChI=1S/C7H8N2O3S/c1-2-9-5(7(12)13)4(3-8-9)6(10)11/h3H,2H2,1H3,(H,10,11)(H,12,13). The Morgan fingerprint density at radius 3 is 2.69 bits per heavy atom. The number of aromatic nitrogens is 2. The molecule has 70 valence electrons. The molecule has 0 radical (unpaired) electrons. The number of carbonyl (C=O) groups excluding carboxylic acids is 1. The molecule has 0 amide bonds. The fourth-order valence-corrected chi connectivity index (χ4v) is 1.24. The summed E-state index contributed by atoms with van der Waals surface area (Å²) < 4.78 is 1.30. The van der Waals surface area contributed by atoms with Crippen LogP contribution in [0.2, 0.25) is 0 Å². The van der Waals surface area contributed by atoms with Gasteiger partial charge in [0.15, 0.2) is 0 Å². The quantitative estimate of drug-likeness (QED) is 0.703. The minimum absolute atomic E-state index is 0.0262. The van der Waals surface area contributed by atoms with Gasteiger partial charge in [0.2, 0.25) is 5.12 Å². The highest BCUT2D eigenvalue weighted by atomic mass is 32.1. The number of carboxylic acids is 1. The molecule has 1 N–H and O–H groups in total. The topological polar surface area (TPSA) is 72.2 Å². The zero-order chi connectivity index (χ0) is 10.0. The van der Waals surface area contributed by atoms with Gasteiger partial charge in [0, 0.05) is 6.54 Å². The summed E-state index contributed by atoms with van der Waals surface area (Å²) in [6.07, 6.45) is 1.15. The van der Waals surface area contributed by atoms with E-state index in [1.807, 2.05) is 0 Å². The minimum atomic E-state index is -1.17. The van der Waals surface area contributed by atoms with Gasteiger partial charge in [-0.3, -0.25) is 9.48 Å². The van der Waals surface area contributed by atoms with E-state index >= 15 is 0 Å². The van der Waals surface area contributed by atoms with E-state index in [4.69, 9.17) is 5.11 Å². The van der Waals surface area contributed by atoms with Crippen LogP contribution in [0, 0.1) is 0 Å². The summed E-state index contributed by atoms with van der Waals surface area (Å²) in [5.41, 5.74) is -0.0832. The van der Waals surface area contributed by atoms with Crippen LogP contribution in [0.3, 0.4) is 0 Å². The van der Waals surface area contributed by atoms with Crippen LogP contribution >= 0.6 is 12.6 Å². The van der Waals surface area contributed by atoms with E-state index in [2.05, 4.69) is 17.7 Å². The second kappa shape index (κ2) is 3.61. The summed E-state index contributed by atoms with van der Waals surface area (Å²) in [6.45, 7) is 2.20. The van der Waals surface area contributed by atoms with Crippen molar-refractivity contribution < 1.29 is 14.7 Å². The second-order valence-corrected chi connectivity index (χ2v) is 2.74. The van der Waals surface area contributed by atoms with Crippen molar-refractivity contribution in [2.75, 3.05) is 0 Å². The number of carbonyl (C=O) groups is 2. The maximum Gasteiger partial charge on any atom is 0.339 e. The maximum atomic E-state index is 11.0. The van der Waals surface area contributed by atoms with Crippen LogP contribution in [0.25, 0.3) is 0 Å². The molecule has 13 heavy (non-hydrogen) atoms. The molecule has 5 nitrogen and oxygen atoms in total. The predicted molar refractivity (Wildman–Crippen MR) is 48.2 cm³/mol. The van der Waals surface area contributed by atoms with Gasteiger partial charge in [0.05, 0.1) is 6.20 Å². The Labute approximate surface area is 79.8 Å². The van der Waals surface area contributed by atoms with Crippen LogP contribution in [0.15, 0.2) is 6.20 Å². The normalized spacial score (nSPS) is 10.0. The first-order valence-corrected chi connectivity index (χ1v) is 4.05. The molecule has 0 bridgehead atoms. The number of carboxylic acid groups (broad SMARTS) is 1. The smallest absolute Gasteiger partial charge is 0.339 e. The summed E-state index contributed by atoms with van der Waals surface area (Å²) in [7, 11) is 0. The van der Waals surface area contributed by atoms with Crippen molar-refractivity contribution in [3.63, 3.8) is 0 Å². The first-order chi connectivity index (χ1) is 6.07. The third kappa shape index (κ3) is 1.72. The third-order valence-electron chi connectivity index (χ3n) is 1.57. The summed E-state index contributed by atoms with van der Waals surface area (Å²) in [4.78, 5) is 21.6. The number of nitrogens with zero attached hydrogens (tertiary/aromatic N) is 2. The largest absolute Gasteiger partial charge is 0.478 e. The highest BCUT2D eigenvalue weighted by molar-refractivity contribution is 7.97. The molecule has 0 saturated heterocycles. The lowest BCUT2D eigenvalue weighted by Gasteiger charge is -2.00. The van der Waals surface area contributed by atoms with Gasteiger partial charge >= 0.3 is 5.97 Å². The second-order valence-electron chi connectivity index (χ2n) is 2.33. The maximum absolute atomic E-state index is 11.0. The molecule has 0 saturated carbocycles. The lowest BCUT2D eigenvalue weighted by atomic mass is 10.2. The Morgan fingerprint density at radius 1 is 1.69 bits per heavy atom. The van der Waals surface area contributed by atoms with Crippen molar-refractivity contribution in [2.45, 2.75) is 13.5 Å². The molecule has 0 aromatic carbocycles. The number of aryl methyl sites for hydroxylation is 1. The zero-order valence-electron chi connectivity index (χ0n) is 6.89. The Hall–Kier alpha value is -1.30. The molecule has 1 aromatic rings. The Bertz CT molecular complexity index is 359. The Kier molecular flexibility index (Phi) is 2.72. The lowest BCUT2D eigenvalue weighted by molar-refractivity contribution is 0.0693. The van der Waals surface area contributed by atoms with E-state index in [-0.39, 0.29) is 11.3 Å². The van der Waals surface area contributed by atoms with Gasteiger partial charge in [-0.15, -0.1) is 0 Å². The molecule has 6 heteroatoms. The van der Waals surface area contributed by atoms with E-state index in [9.17, 15) is 9.59 Å². The zero-order valence-corrected chi connectivity index (χ0v) is 7.78. The molecule has 1 rings (SSSR count). The molecule has 0 unspecified atom stereocenters. The number of hydrogen-bond donors (Lipinski definition) is 2. The van der Waals surface area contributed by atoms with E-state index in [0.717, 1.165) is 6.20 Å². The lowest BCUT2D eigenvalue weighted by Crippen LogP contribution is -2.09. The molecule has 1 aromatic heterocycles. The molecule has 0 spiro atoms. The van der Waals surface area contributed by atoms with E-state index < -0.39 is 11.1 Å². The van der Waals surface area contributed by atoms with Crippen molar-refractivity contribution in [3.8, 4) is 0 Å². The van der Waals surface area contributed by atoms with Crippen molar-refractivity contribution in [3.05, 3.63) is 17.5 Å². The fourth-order valence-electron chi connectivity index (χ4n) is 1.01. The number of rotatable bonds is 3. The predicted octanol–water partition coefficient (Wildman–Crippen LogP) is 0.671. The van der Waals surface area contributed by atoms with Gasteiger partial charge in [0.1, 0.15) is 11.3 Å². The monoisotopic (exact) mass is 200 g/mol. The summed E-state index contributed by atoms with van der Waals surface area (Å²) in [5, 5.41) is 11.8. The molecule has 0 aliphatic rings. The fraction of sp³-hybridized carbons (Fsp3) is 0.286. The van der Waals surface area contributed by atoms with Crippen LogP contribution in [0.1, 0.15) is 27.8 Å². The third-order valence-corrected chi connectivity index (χ3v) is 1.78. The van der Waals surface area contributed by atoms with Gasteiger partial charge in [0.25, 0.3) is 0 Å². The van der Waals surface area contributed by atoms with Crippen molar-refractivity contribution in [1.82, 2.24) is 9.78 Å². The minimum Gasteiger partial charge on any atom is -0.478 e. The van der Waals surface area contributed by atoms with Gasteiger partial charge in [-0.05, 0) is 6.92 Å². The Balaban J connectivity index is 3.30. The van der Waals surface area contributed by atoms with E-state index in [0.29, 0.717) is 6.54 Å². The highest BCUT2D eigenvalue weighted by Gasteiger charge is 2.19. The van der Waals surface area contributed by atoms with Crippen LogP contribution in [-0.2, 0) is 6.54 Å². The number of thiol groups is 1. The molecule has 0 fully saturated rings. The van der Waals surface area contributed by atoms with E-state index in [1.165, 1.54) is 4.68 Å². The Morgan fingerprint density at radius 2 is 2.31 bits per heavy atom. The van der Waals surface area contributed by atoms with Crippen molar-refractivity contribution in [1.29, 1.82) is 0 Å². The summed E-state index contributed by atoms with van der Waals surface area (Å²) in [6, 6.07) is 0. The number of aromatic carboxylic acids is 1. The van der Waals surface area contributed by atoms with Gasteiger partial charge < -0.3 is 5.11 Å². The van der Waals surface area contributed by atoms with Crippen molar-refractivity contribution in [2.24, 2.45) is 0 Å². The molecule has 0 aliphatic heterocycles. The first-order valence-electron chi connectivity index (χ1n) is 3.60. The molecule has 0 aliphatic carbocycles. The van der Waals surface area contributed by atoms with Gasteiger partial charge in [-0.2, -0.15) is 5.10 Å². The van der Waals surface area contributed by atoms with Gasteiger partial charge in [-0.25, -0.2) is 4.79 Å². The molecule has 1 heterocycles.